The van der Waals surface area contributed by atoms with E-state index < -0.39 is 9.84 Å². The maximum absolute atomic E-state index is 13.2. The number of carbonyl (C=O) groups is 1. The Hall–Kier alpha value is -1.40. The Morgan fingerprint density at radius 2 is 1.54 bits per heavy atom. The van der Waals surface area contributed by atoms with E-state index in [9.17, 15) is 13.2 Å². The Morgan fingerprint density at radius 1 is 0.929 bits per heavy atom. The van der Waals surface area contributed by atoms with Crippen molar-refractivity contribution in [2.75, 3.05) is 23.0 Å². The van der Waals surface area contributed by atoms with Gasteiger partial charge in [-0.05, 0) is 36.5 Å². The van der Waals surface area contributed by atoms with E-state index in [2.05, 4.69) is 30.9 Å². The van der Waals surface area contributed by atoms with E-state index in [1.54, 1.807) is 4.90 Å². The van der Waals surface area contributed by atoms with Gasteiger partial charge in [0.2, 0.25) is 5.91 Å². The third-order valence-corrected chi connectivity index (χ3v) is 8.47. The van der Waals surface area contributed by atoms with Crippen molar-refractivity contribution in [1.29, 1.82) is 0 Å². The van der Waals surface area contributed by atoms with Crippen LogP contribution in [-0.4, -0.2) is 55.4 Å². The Morgan fingerprint density at radius 3 is 2.14 bits per heavy atom. The standard InChI is InChI=1S/C22H32N2O3S/c1-16(2)17-9-11-19(12-10-17)24-21-15-28(26,27)14-20(21)23(13-22(24)25)18-7-5-3-4-6-8-18/h9-12,16,18,20-21H,3-8,13-15H2,1-2H3/t20-,21-/m1/s1. The number of carbonyl (C=O) groups excluding carboxylic acids is 1. The van der Waals surface area contributed by atoms with Gasteiger partial charge in [0.05, 0.1) is 24.1 Å². The molecule has 0 N–H and O–H groups in total. The SMILES string of the molecule is CC(C)c1ccc(N2C(=O)CN(C3CCCCCC3)[C@@H]3CS(=O)(=O)C[C@H]32)cc1. The Balaban J connectivity index is 1.64. The summed E-state index contributed by atoms with van der Waals surface area (Å²) >= 11 is 0. The summed E-state index contributed by atoms with van der Waals surface area (Å²) < 4.78 is 25.1. The van der Waals surface area contributed by atoms with Gasteiger partial charge in [0, 0.05) is 17.8 Å². The molecule has 1 aromatic rings. The highest BCUT2D eigenvalue weighted by molar-refractivity contribution is 7.91. The van der Waals surface area contributed by atoms with Gasteiger partial charge in [-0.3, -0.25) is 9.69 Å². The van der Waals surface area contributed by atoms with E-state index in [1.807, 2.05) is 12.1 Å². The number of amides is 1. The summed E-state index contributed by atoms with van der Waals surface area (Å²) in [5, 5.41) is 0. The summed E-state index contributed by atoms with van der Waals surface area (Å²) in [4.78, 5) is 17.2. The normalized spacial score (nSPS) is 29.1. The lowest BCUT2D eigenvalue weighted by Crippen LogP contribution is -2.64. The van der Waals surface area contributed by atoms with Gasteiger partial charge in [-0.15, -0.1) is 0 Å². The van der Waals surface area contributed by atoms with Crippen LogP contribution >= 0.6 is 0 Å². The second-order valence-corrected chi connectivity index (χ2v) is 11.2. The average molecular weight is 405 g/mol. The first-order valence-electron chi connectivity index (χ1n) is 10.7. The zero-order valence-electron chi connectivity index (χ0n) is 17.0. The molecule has 5 nitrogen and oxygen atoms in total. The van der Waals surface area contributed by atoms with E-state index in [4.69, 9.17) is 0 Å². The largest absolute Gasteiger partial charge is 0.306 e. The minimum atomic E-state index is -3.13. The molecule has 2 aliphatic heterocycles. The summed E-state index contributed by atoms with van der Waals surface area (Å²) in [6.07, 6.45) is 7.02. The number of piperazine rings is 1. The van der Waals surface area contributed by atoms with Crippen molar-refractivity contribution in [3.63, 3.8) is 0 Å². The van der Waals surface area contributed by atoms with Crippen molar-refractivity contribution in [2.24, 2.45) is 0 Å². The number of fused-ring (bicyclic) bond motifs is 1. The van der Waals surface area contributed by atoms with Gasteiger partial charge in [-0.2, -0.15) is 0 Å². The van der Waals surface area contributed by atoms with Gasteiger partial charge in [-0.1, -0.05) is 51.7 Å². The molecule has 2 atom stereocenters. The Bertz CT molecular complexity index is 811. The van der Waals surface area contributed by atoms with E-state index in [0.717, 1.165) is 18.5 Å². The number of hydrogen-bond acceptors (Lipinski definition) is 4. The monoisotopic (exact) mass is 404 g/mol. The van der Waals surface area contributed by atoms with Crippen molar-refractivity contribution in [3.8, 4) is 0 Å². The highest BCUT2D eigenvalue weighted by Gasteiger charge is 2.51. The van der Waals surface area contributed by atoms with Gasteiger partial charge in [0.1, 0.15) is 0 Å². The van der Waals surface area contributed by atoms with E-state index in [0.29, 0.717) is 18.5 Å². The fraction of sp³-hybridized carbons (Fsp3) is 0.682. The predicted molar refractivity (Wildman–Crippen MR) is 112 cm³/mol. The summed E-state index contributed by atoms with van der Waals surface area (Å²) in [5.74, 6) is 0.733. The molecule has 2 saturated heterocycles. The molecular weight excluding hydrogens is 372 g/mol. The minimum Gasteiger partial charge on any atom is -0.306 e. The minimum absolute atomic E-state index is 0.0416. The summed E-state index contributed by atoms with van der Waals surface area (Å²) in [5.41, 5.74) is 2.06. The molecule has 1 saturated carbocycles. The molecule has 0 unspecified atom stereocenters. The highest BCUT2D eigenvalue weighted by Crippen LogP contribution is 2.35. The Kier molecular flexibility index (Phi) is 5.53. The molecule has 3 fully saturated rings. The molecule has 154 valence electrons. The third kappa shape index (κ3) is 3.86. The molecule has 0 aromatic heterocycles. The molecule has 1 amide bonds. The maximum Gasteiger partial charge on any atom is 0.241 e. The van der Waals surface area contributed by atoms with Crippen LogP contribution < -0.4 is 4.90 Å². The van der Waals surface area contributed by atoms with Crippen molar-refractivity contribution >= 4 is 21.4 Å². The lowest BCUT2D eigenvalue weighted by molar-refractivity contribution is -0.124. The first-order valence-corrected chi connectivity index (χ1v) is 12.6. The van der Waals surface area contributed by atoms with Gasteiger partial charge in [0.15, 0.2) is 9.84 Å². The topological polar surface area (TPSA) is 57.7 Å². The molecule has 6 heteroatoms. The van der Waals surface area contributed by atoms with E-state index in [1.165, 1.54) is 31.2 Å². The first kappa shape index (κ1) is 19.9. The van der Waals surface area contributed by atoms with Gasteiger partial charge >= 0.3 is 0 Å². The van der Waals surface area contributed by atoms with E-state index in [-0.39, 0.29) is 29.5 Å². The maximum atomic E-state index is 13.2. The molecular formula is C22H32N2O3S. The van der Waals surface area contributed by atoms with Crippen LogP contribution in [-0.2, 0) is 14.6 Å². The highest BCUT2D eigenvalue weighted by atomic mass is 32.2. The van der Waals surface area contributed by atoms with Crippen LogP contribution in [0.15, 0.2) is 24.3 Å². The molecule has 1 aromatic carbocycles. The number of anilines is 1. The zero-order valence-corrected chi connectivity index (χ0v) is 17.8. The third-order valence-electron chi connectivity index (χ3n) is 6.77. The average Bonchev–Trinajstić information content (AvgIpc) is 2.83. The smallest absolute Gasteiger partial charge is 0.241 e. The van der Waals surface area contributed by atoms with Crippen LogP contribution in [0.1, 0.15) is 63.9 Å². The molecule has 2 heterocycles. The number of hydrogen-bond donors (Lipinski definition) is 0. The molecule has 1 aliphatic carbocycles. The van der Waals surface area contributed by atoms with Crippen LogP contribution in [0.3, 0.4) is 0 Å². The van der Waals surface area contributed by atoms with Crippen LogP contribution in [0, 0.1) is 0 Å². The van der Waals surface area contributed by atoms with Crippen molar-refractivity contribution in [3.05, 3.63) is 29.8 Å². The number of sulfone groups is 1. The van der Waals surface area contributed by atoms with Crippen molar-refractivity contribution < 1.29 is 13.2 Å². The predicted octanol–water partition coefficient (Wildman–Crippen LogP) is 3.35. The van der Waals surface area contributed by atoms with Crippen LogP contribution in [0.4, 0.5) is 5.69 Å². The van der Waals surface area contributed by atoms with Crippen molar-refractivity contribution in [2.45, 2.75) is 76.4 Å². The summed E-state index contributed by atoms with van der Waals surface area (Å²) in [6.45, 7) is 4.63. The number of benzene rings is 1. The molecule has 3 aliphatic rings. The quantitative estimate of drug-likeness (QED) is 0.725. The second-order valence-electron chi connectivity index (χ2n) is 9.04. The lowest BCUT2D eigenvalue weighted by Gasteiger charge is -2.46. The van der Waals surface area contributed by atoms with Gasteiger partial charge in [-0.25, -0.2) is 8.42 Å². The molecule has 4 rings (SSSR count). The Labute approximate surface area is 169 Å². The number of nitrogens with zero attached hydrogens (tertiary/aromatic N) is 2. The summed E-state index contributed by atoms with van der Waals surface area (Å²) in [7, 11) is -3.13. The van der Waals surface area contributed by atoms with Gasteiger partial charge < -0.3 is 4.90 Å². The fourth-order valence-electron chi connectivity index (χ4n) is 5.25. The summed E-state index contributed by atoms with van der Waals surface area (Å²) in [6, 6.07) is 8.09. The lowest BCUT2D eigenvalue weighted by atomic mass is 9.97. The zero-order chi connectivity index (χ0) is 19.9. The van der Waals surface area contributed by atoms with Crippen LogP contribution in [0.5, 0.6) is 0 Å². The molecule has 0 spiro atoms. The van der Waals surface area contributed by atoms with Crippen LogP contribution in [0.2, 0.25) is 0 Å². The fourth-order valence-corrected chi connectivity index (χ4v) is 7.21. The van der Waals surface area contributed by atoms with E-state index >= 15 is 0 Å². The van der Waals surface area contributed by atoms with Gasteiger partial charge in [0.25, 0.3) is 0 Å². The van der Waals surface area contributed by atoms with Crippen LogP contribution in [0.25, 0.3) is 0 Å². The first-order chi connectivity index (χ1) is 13.4. The number of rotatable bonds is 3. The second kappa shape index (κ2) is 7.79. The molecule has 28 heavy (non-hydrogen) atoms. The van der Waals surface area contributed by atoms with Crippen molar-refractivity contribution in [1.82, 2.24) is 4.90 Å². The molecule has 0 bridgehead atoms. The molecule has 0 radical (unpaired) electrons.